The maximum Gasteiger partial charge on any atom is 0.127 e. The zero-order valence-corrected chi connectivity index (χ0v) is 13.2. The lowest BCUT2D eigenvalue weighted by atomic mass is 9.71. The lowest BCUT2D eigenvalue weighted by Crippen LogP contribution is -2.37. The van der Waals surface area contributed by atoms with Crippen molar-refractivity contribution in [1.82, 2.24) is 5.32 Å². The Bertz CT molecular complexity index is 427. The van der Waals surface area contributed by atoms with E-state index in [0.717, 1.165) is 11.5 Å². The van der Waals surface area contributed by atoms with Gasteiger partial charge < -0.3 is 5.32 Å². The Morgan fingerprint density at radius 3 is 2.25 bits per heavy atom. The summed E-state index contributed by atoms with van der Waals surface area (Å²) >= 11 is 0. The highest BCUT2D eigenvalue weighted by molar-refractivity contribution is 5.20. The molecule has 1 aliphatic rings. The highest BCUT2D eigenvalue weighted by atomic mass is 19.1. The number of hydrogen-bond donors (Lipinski definition) is 1. The summed E-state index contributed by atoms with van der Waals surface area (Å²) in [5, 5.41) is 3.61. The van der Waals surface area contributed by atoms with Crippen LogP contribution in [0, 0.1) is 17.2 Å². The van der Waals surface area contributed by atoms with Gasteiger partial charge in [-0.15, -0.1) is 0 Å². The third-order valence-corrected chi connectivity index (χ3v) is 4.81. The zero-order chi connectivity index (χ0) is 14.8. The van der Waals surface area contributed by atoms with Crippen LogP contribution in [0.4, 0.5) is 4.39 Å². The molecule has 2 rings (SSSR count). The molecule has 1 atom stereocenters. The molecule has 0 aliphatic heterocycles. The Labute approximate surface area is 123 Å². The van der Waals surface area contributed by atoms with E-state index in [1.807, 2.05) is 12.1 Å². The summed E-state index contributed by atoms with van der Waals surface area (Å²) in [7, 11) is 0. The number of hydrogen-bond acceptors (Lipinski definition) is 1. The first kappa shape index (κ1) is 15.5. The highest BCUT2D eigenvalue weighted by Gasteiger charge is 2.30. The van der Waals surface area contributed by atoms with Crippen molar-refractivity contribution >= 4 is 0 Å². The van der Waals surface area contributed by atoms with Crippen LogP contribution in [-0.2, 0) is 0 Å². The van der Waals surface area contributed by atoms with Crippen molar-refractivity contribution in [2.75, 3.05) is 0 Å². The Balaban J connectivity index is 1.88. The van der Waals surface area contributed by atoms with Gasteiger partial charge in [0.15, 0.2) is 0 Å². The van der Waals surface area contributed by atoms with E-state index in [0.29, 0.717) is 11.5 Å². The molecule has 112 valence electrons. The van der Waals surface area contributed by atoms with Crippen LogP contribution in [-0.4, -0.2) is 6.04 Å². The van der Waals surface area contributed by atoms with E-state index in [9.17, 15) is 4.39 Å². The molecule has 0 saturated heterocycles. The van der Waals surface area contributed by atoms with Gasteiger partial charge in [0, 0.05) is 17.6 Å². The molecule has 0 amide bonds. The van der Waals surface area contributed by atoms with Crippen molar-refractivity contribution in [3.05, 3.63) is 35.6 Å². The molecular formula is C18H28FN. The molecule has 1 aromatic rings. The molecule has 0 radical (unpaired) electrons. The van der Waals surface area contributed by atoms with Crippen molar-refractivity contribution in [2.24, 2.45) is 11.3 Å². The molecule has 1 aliphatic carbocycles. The Morgan fingerprint density at radius 2 is 1.70 bits per heavy atom. The smallest absolute Gasteiger partial charge is 0.127 e. The summed E-state index contributed by atoms with van der Waals surface area (Å²) in [5.41, 5.74) is 1.20. The van der Waals surface area contributed by atoms with Crippen LogP contribution in [0.25, 0.3) is 0 Å². The second-order valence-electron chi connectivity index (χ2n) is 7.32. The highest BCUT2D eigenvalue weighted by Crippen LogP contribution is 2.38. The average Bonchev–Trinajstić information content (AvgIpc) is 2.38. The summed E-state index contributed by atoms with van der Waals surface area (Å²) in [6.07, 6.45) is 4.98. The average molecular weight is 277 g/mol. The van der Waals surface area contributed by atoms with Gasteiger partial charge in [-0.25, -0.2) is 4.39 Å². The summed E-state index contributed by atoms with van der Waals surface area (Å²) < 4.78 is 13.8. The summed E-state index contributed by atoms with van der Waals surface area (Å²) in [5.74, 6) is 0.722. The van der Waals surface area contributed by atoms with Crippen molar-refractivity contribution in [3.63, 3.8) is 0 Å². The monoisotopic (exact) mass is 277 g/mol. The summed E-state index contributed by atoms with van der Waals surface area (Å²) in [6, 6.07) is 7.71. The first-order valence-electron chi connectivity index (χ1n) is 7.88. The molecule has 0 heterocycles. The first-order valence-corrected chi connectivity index (χ1v) is 7.88. The number of benzene rings is 1. The van der Waals surface area contributed by atoms with Gasteiger partial charge >= 0.3 is 0 Å². The van der Waals surface area contributed by atoms with Crippen molar-refractivity contribution in [2.45, 2.75) is 65.5 Å². The van der Waals surface area contributed by atoms with Crippen LogP contribution in [0.1, 0.15) is 65.0 Å². The van der Waals surface area contributed by atoms with E-state index >= 15 is 0 Å². The SMILES string of the molecule is C[C@@H](NC1CCC(C(C)(C)C)CC1)c1ccccc1F. The van der Waals surface area contributed by atoms with Gasteiger partial charge in [0.1, 0.15) is 5.82 Å². The van der Waals surface area contributed by atoms with Gasteiger partial charge in [-0.05, 0) is 50.0 Å². The largest absolute Gasteiger partial charge is 0.307 e. The van der Waals surface area contributed by atoms with Crippen LogP contribution >= 0.6 is 0 Å². The van der Waals surface area contributed by atoms with Crippen molar-refractivity contribution < 1.29 is 4.39 Å². The Kier molecular flexibility index (Phi) is 4.85. The topological polar surface area (TPSA) is 12.0 Å². The van der Waals surface area contributed by atoms with E-state index in [2.05, 4.69) is 33.0 Å². The molecule has 20 heavy (non-hydrogen) atoms. The summed E-state index contributed by atoms with van der Waals surface area (Å²) in [6.45, 7) is 9.09. The van der Waals surface area contributed by atoms with Gasteiger partial charge in [0.05, 0.1) is 0 Å². The van der Waals surface area contributed by atoms with Gasteiger partial charge in [0.2, 0.25) is 0 Å². The fourth-order valence-electron chi connectivity index (χ4n) is 3.40. The van der Waals surface area contributed by atoms with E-state index in [4.69, 9.17) is 0 Å². The van der Waals surface area contributed by atoms with Crippen LogP contribution in [0.5, 0.6) is 0 Å². The fraction of sp³-hybridized carbons (Fsp3) is 0.667. The molecule has 0 unspecified atom stereocenters. The van der Waals surface area contributed by atoms with E-state index in [-0.39, 0.29) is 11.9 Å². The zero-order valence-electron chi connectivity index (χ0n) is 13.2. The Morgan fingerprint density at radius 1 is 1.10 bits per heavy atom. The van der Waals surface area contributed by atoms with Crippen LogP contribution < -0.4 is 5.32 Å². The number of rotatable bonds is 3. The molecule has 1 nitrogen and oxygen atoms in total. The van der Waals surface area contributed by atoms with Gasteiger partial charge in [-0.3, -0.25) is 0 Å². The maximum absolute atomic E-state index is 13.8. The minimum Gasteiger partial charge on any atom is -0.307 e. The quantitative estimate of drug-likeness (QED) is 0.812. The second kappa shape index (κ2) is 6.26. The molecule has 1 saturated carbocycles. The number of nitrogens with one attached hydrogen (secondary N) is 1. The van der Waals surface area contributed by atoms with E-state index in [1.165, 1.54) is 25.7 Å². The molecule has 0 spiro atoms. The molecule has 0 bridgehead atoms. The minimum absolute atomic E-state index is 0.0902. The van der Waals surface area contributed by atoms with Crippen LogP contribution in [0.3, 0.4) is 0 Å². The maximum atomic E-state index is 13.8. The van der Waals surface area contributed by atoms with Gasteiger partial charge in [0.25, 0.3) is 0 Å². The van der Waals surface area contributed by atoms with E-state index in [1.54, 1.807) is 12.1 Å². The standard InChI is InChI=1S/C18H28FN/c1-13(16-7-5-6-8-17(16)19)20-15-11-9-14(10-12-15)18(2,3)4/h5-8,13-15,20H,9-12H2,1-4H3/t13-,14?,15?/m1/s1. The second-order valence-corrected chi connectivity index (χ2v) is 7.32. The summed E-state index contributed by atoms with van der Waals surface area (Å²) in [4.78, 5) is 0. The lowest BCUT2D eigenvalue weighted by Gasteiger charge is -2.38. The molecule has 2 heteroatoms. The van der Waals surface area contributed by atoms with Gasteiger partial charge in [-0.2, -0.15) is 0 Å². The Hall–Kier alpha value is -0.890. The van der Waals surface area contributed by atoms with Crippen molar-refractivity contribution in [1.29, 1.82) is 0 Å². The van der Waals surface area contributed by atoms with Crippen LogP contribution in [0.2, 0.25) is 0 Å². The number of halogens is 1. The van der Waals surface area contributed by atoms with Crippen molar-refractivity contribution in [3.8, 4) is 0 Å². The third kappa shape index (κ3) is 3.82. The fourth-order valence-corrected chi connectivity index (χ4v) is 3.40. The normalized spacial score (nSPS) is 25.4. The first-order chi connectivity index (χ1) is 9.38. The third-order valence-electron chi connectivity index (χ3n) is 4.81. The molecule has 0 aromatic heterocycles. The van der Waals surface area contributed by atoms with E-state index < -0.39 is 0 Å². The van der Waals surface area contributed by atoms with Crippen LogP contribution in [0.15, 0.2) is 24.3 Å². The molecule has 1 N–H and O–H groups in total. The molecular weight excluding hydrogens is 249 g/mol. The molecule has 1 aromatic carbocycles. The molecule has 1 fully saturated rings. The predicted molar refractivity (Wildman–Crippen MR) is 83.2 cm³/mol. The lowest BCUT2D eigenvalue weighted by molar-refractivity contribution is 0.156. The predicted octanol–water partition coefficient (Wildman–Crippen LogP) is 5.08. The van der Waals surface area contributed by atoms with Gasteiger partial charge in [-0.1, -0.05) is 39.0 Å². The minimum atomic E-state index is -0.101.